The van der Waals surface area contributed by atoms with Crippen LogP contribution in [-0.4, -0.2) is 30.6 Å². The van der Waals surface area contributed by atoms with Crippen LogP contribution in [0.2, 0.25) is 10.0 Å². The number of benzene rings is 1. The van der Waals surface area contributed by atoms with E-state index in [0.29, 0.717) is 28.1 Å². The van der Waals surface area contributed by atoms with Gasteiger partial charge in [0, 0.05) is 31.1 Å². The van der Waals surface area contributed by atoms with Crippen LogP contribution in [0, 0.1) is 0 Å². The van der Waals surface area contributed by atoms with E-state index in [1.54, 1.807) is 12.3 Å². The number of nitrogens with one attached hydrogen (secondary N) is 1. The first kappa shape index (κ1) is 21.2. The molecule has 0 saturated heterocycles. The summed E-state index contributed by atoms with van der Waals surface area (Å²) in [5, 5.41) is 4.35. The van der Waals surface area contributed by atoms with Crippen molar-refractivity contribution in [3.63, 3.8) is 0 Å². The Hall–Kier alpha value is -0.890. The van der Waals surface area contributed by atoms with Crippen LogP contribution < -0.4 is 11.1 Å². The topological polar surface area (TPSA) is 77.2 Å². The molecule has 2 aromatic rings. The predicted molar refractivity (Wildman–Crippen MR) is 102 cm³/mol. The molecule has 1 amide bonds. The Balaban J connectivity index is 0.00000288. The van der Waals surface area contributed by atoms with Crippen LogP contribution >= 0.6 is 46.9 Å². The van der Waals surface area contributed by atoms with E-state index in [4.69, 9.17) is 33.7 Å². The lowest BCUT2D eigenvalue weighted by molar-refractivity contribution is -0.118. The number of halogens is 3. The molecule has 24 heavy (non-hydrogen) atoms. The van der Waals surface area contributed by atoms with Gasteiger partial charge in [-0.15, -0.1) is 23.7 Å². The van der Waals surface area contributed by atoms with E-state index in [9.17, 15) is 4.79 Å². The fraction of sp³-hybridized carbons (Fsp3) is 0.333. The number of rotatable bonds is 7. The van der Waals surface area contributed by atoms with Crippen LogP contribution in [0.25, 0.3) is 0 Å². The summed E-state index contributed by atoms with van der Waals surface area (Å²) in [7, 11) is 1.53. The van der Waals surface area contributed by atoms with Crippen molar-refractivity contribution in [1.29, 1.82) is 0 Å². The van der Waals surface area contributed by atoms with Crippen LogP contribution in [-0.2, 0) is 16.0 Å². The van der Waals surface area contributed by atoms with E-state index in [0.717, 1.165) is 10.4 Å². The Morgan fingerprint density at radius 2 is 2.21 bits per heavy atom. The molecule has 1 heterocycles. The van der Waals surface area contributed by atoms with Gasteiger partial charge < -0.3 is 15.8 Å². The van der Waals surface area contributed by atoms with Crippen molar-refractivity contribution in [2.75, 3.05) is 19.0 Å². The second-order valence-electron chi connectivity index (χ2n) is 4.87. The Morgan fingerprint density at radius 3 is 2.88 bits per heavy atom. The van der Waals surface area contributed by atoms with Crippen molar-refractivity contribution in [3.8, 4) is 0 Å². The number of carbonyl (C=O) groups excluding carboxylic acids is 1. The van der Waals surface area contributed by atoms with Crippen molar-refractivity contribution < 1.29 is 9.53 Å². The molecule has 1 aromatic heterocycles. The summed E-state index contributed by atoms with van der Waals surface area (Å²) in [6.07, 6.45) is 2.23. The van der Waals surface area contributed by atoms with Crippen LogP contribution in [0.4, 0.5) is 5.13 Å². The molecule has 1 aromatic carbocycles. The van der Waals surface area contributed by atoms with Gasteiger partial charge in [0.2, 0.25) is 5.91 Å². The van der Waals surface area contributed by atoms with E-state index in [1.807, 2.05) is 12.1 Å². The standard InChI is InChI=1S/C15H17Cl2N3O2S.ClH/c1-22-10(7-18)6-13(21)20-15-19-8-11(23-15)5-9-3-2-4-12(16)14(9)17;/h2-4,8,10H,5-7,18H2,1H3,(H,19,20,21);1H. The van der Waals surface area contributed by atoms with E-state index in [1.165, 1.54) is 18.4 Å². The van der Waals surface area contributed by atoms with E-state index in [2.05, 4.69) is 10.3 Å². The minimum atomic E-state index is -0.292. The smallest absolute Gasteiger partial charge is 0.228 e. The maximum absolute atomic E-state index is 11.9. The predicted octanol–water partition coefficient (Wildman–Crippen LogP) is 3.76. The van der Waals surface area contributed by atoms with Crippen molar-refractivity contribution in [1.82, 2.24) is 4.98 Å². The molecule has 0 fully saturated rings. The molecule has 3 N–H and O–H groups in total. The molecular weight excluding hydrogens is 393 g/mol. The van der Waals surface area contributed by atoms with Crippen LogP contribution in [0.3, 0.4) is 0 Å². The first-order valence-corrected chi connectivity index (χ1v) is 8.51. The molecule has 0 aliphatic carbocycles. The lowest BCUT2D eigenvalue weighted by Gasteiger charge is -2.11. The molecule has 0 bridgehead atoms. The van der Waals surface area contributed by atoms with E-state index >= 15 is 0 Å². The van der Waals surface area contributed by atoms with Crippen molar-refractivity contribution in [3.05, 3.63) is 44.9 Å². The number of hydrogen-bond donors (Lipinski definition) is 2. The molecule has 132 valence electrons. The number of thiazole rings is 1. The van der Waals surface area contributed by atoms with Gasteiger partial charge in [0.25, 0.3) is 0 Å². The van der Waals surface area contributed by atoms with E-state index < -0.39 is 0 Å². The molecule has 0 spiro atoms. The molecule has 1 unspecified atom stereocenters. The largest absolute Gasteiger partial charge is 0.380 e. The van der Waals surface area contributed by atoms with Gasteiger partial charge in [-0.1, -0.05) is 35.3 Å². The summed E-state index contributed by atoms with van der Waals surface area (Å²) in [5.74, 6) is -0.177. The third-order valence-corrected chi connectivity index (χ3v) is 4.98. The summed E-state index contributed by atoms with van der Waals surface area (Å²) in [6, 6.07) is 5.51. The minimum Gasteiger partial charge on any atom is -0.380 e. The molecule has 5 nitrogen and oxygen atoms in total. The zero-order valence-electron chi connectivity index (χ0n) is 12.9. The highest BCUT2D eigenvalue weighted by molar-refractivity contribution is 7.15. The maximum Gasteiger partial charge on any atom is 0.228 e. The SMILES string of the molecule is COC(CN)CC(=O)Nc1ncc(Cc2cccc(Cl)c2Cl)s1.Cl. The van der Waals surface area contributed by atoms with Crippen molar-refractivity contribution in [2.45, 2.75) is 18.9 Å². The average molecular weight is 411 g/mol. The third kappa shape index (κ3) is 5.88. The van der Waals surface area contributed by atoms with Crippen LogP contribution in [0.5, 0.6) is 0 Å². The quantitative estimate of drug-likeness (QED) is 0.728. The molecule has 0 saturated carbocycles. The monoisotopic (exact) mass is 409 g/mol. The van der Waals surface area contributed by atoms with Crippen LogP contribution in [0.1, 0.15) is 16.9 Å². The van der Waals surface area contributed by atoms with Gasteiger partial charge in [0.15, 0.2) is 5.13 Å². The van der Waals surface area contributed by atoms with Gasteiger partial charge in [0.1, 0.15) is 0 Å². The summed E-state index contributed by atoms with van der Waals surface area (Å²) < 4.78 is 5.09. The number of nitrogens with zero attached hydrogens (tertiary/aromatic N) is 1. The number of methoxy groups -OCH3 is 1. The molecule has 0 aliphatic heterocycles. The van der Waals surface area contributed by atoms with Gasteiger partial charge in [0.05, 0.1) is 22.6 Å². The molecule has 0 radical (unpaired) electrons. The van der Waals surface area contributed by atoms with Crippen molar-refractivity contribution >= 4 is 58.0 Å². The Labute approximate surface area is 160 Å². The van der Waals surface area contributed by atoms with Gasteiger partial charge in [-0.25, -0.2) is 4.98 Å². The molecule has 9 heteroatoms. The minimum absolute atomic E-state index is 0. The Bertz CT molecular complexity index is 678. The van der Waals surface area contributed by atoms with E-state index in [-0.39, 0.29) is 30.8 Å². The van der Waals surface area contributed by atoms with Gasteiger partial charge in [-0.05, 0) is 11.6 Å². The lowest BCUT2D eigenvalue weighted by atomic mass is 10.1. The zero-order valence-corrected chi connectivity index (χ0v) is 16.1. The second-order valence-corrected chi connectivity index (χ2v) is 6.77. The number of hydrogen-bond acceptors (Lipinski definition) is 5. The zero-order chi connectivity index (χ0) is 16.8. The number of carbonyl (C=O) groups is 1. The second kappa shape index (κ2) is 10.2. The first-order valence-electron chi connectivity index (χ1n) is 6.93. The summed E-state index contributed by atoms with van der Waals surface area (Å²) in [4.78, 5) is 17.1. The summed E-state index contributed by atoms with van der Waals surface area (Å²) in [6.45, 7) is 0.292. The normalized spacial score (nSPS) is 11.7. The average Bonchev–Trinajstić information content (AvgIpc) is 2.96. The van der Waals surface area contributed by atoms with Gasteiger partial charge >= 0.3 is 0 Å². The number of amides is 1. The maximum atomic E-state index is 11.9. The molecule has 0 aliphatic rings. The van der Waals surface area contributed by atoms with Gasteiger partial charge in [-0.2, -0.15) is 0 Å². The Kier molecular flexibility index (Phi) is 8.97. The highest BCUT2D eigenvalue weighted by atomic mass is 35.5. The highest BCUT2D eigenvalue weighted by Gasteiger charge is 2.14. The summed E-state index contributed by atoms with van der Waals surface area (Å²) in [5.41, 5.74) is 6.42. The number of aromatic nitrogens is 1. The molecule has 1 atom stereocenters. The summed E-state index contributed by atoms with van der Waals surface area (Å²) >= 11 is 13.6. The first-order chi connectivity index (χ1) is 11.0. The highest BCUT2D eigenvalue weighted by Crippen LogP contribution is 2.29. The van der Waals surface area contributed by atoms with Crippen molar-refractivity contribution in [2.24, 2.45) is 5.73 Å². The fourth-order valence-corrected chi connectivity index (χ4v) is 3.20. The molecular formula is C15H18Cl3N3O2S. The Morgan fingerprint density at radius 1 is 1.46 bits per heavy atom. The van der Waals surface area contributed by atoms with Gasteiger partial charge in [-0.3, -0.25) is 4.79 Å². The van der Waals surface area contributed by atoms with Crippen LogP contribution in [0.15, 0.2) is 24.4 Å². The molecule has 2 rings (SSSR count). The third-order valence-electron chi connectivity index (χ3n) is 3.21. The number of ether oxygens (including phenoxy) is 1. The fourth-order valence-electron chi connectivity index (χ4n) is 1.96. The number of anilines is 1. The lowest BCUT2D eigenvalue weighted by Crippen LogP contribution is -2.28. The number of nitrogens with two attached hydrogens (primary N) is 1.